The highest BCUT2D eigenvalue weighted by Gasteiger charge is 2.26. The van der Waals surface area contributed by atoms with E-state index < -0.39 is 0 Å². The molecule has 0 spiro atoms. The highest BCUT2D eigenvalue weighted by atomic mass is 16.5. The van der Waals surface area contributed by atoms with E-state index in [2.05, 4.69) is 5.32 Å². The number of ether oxygens (including phenoxy) is 1. The first-order chi connectivity index (χ1) is 14.6. The Kier molecular flexibility index (Phi) is 5.53. The van der Waals surface area contributed by atoms with Gasteiger partial charge in [0.1, 0.15) is 5.75 Å². The summed E-state index contributed by atoms with van der Waals surface area (Å²) in [6.45, 7) is 2.98. The van der Waals surface area contributed by atoms with Crippen molar-refractivity contribution in [1.29, 1.82) is 0 Å². The van der Waals surface area contributed by atoms with Crippen LogP contribution in [-0.4, -0.2) is 25.5 Å². The van der Waals surface area contributed by atoms with E-state index in [1.54, 1.807) is 31.4 Å². The average Bonchev–Trinajstić information content (AvgIpc) is 3.20. The van der Waals surface area contributed by atoms with Crippen molar-refractivity contribution in [2.75, 3.05) is 18.6 Å². The van der Waals surface area contributed by atoms with E-state index in [9.17, 15) is 9.59 Å². The van der Waals surface area contributed by atoms with Crippen LogP contribution in [-0.2, 0) is 13.0 Å². The van der Waals surface area contributed by atoms with E-state index in [4.69, 9.17) is 4.74 Å². The Hall–Kier alpha value is -3.60. The molecule has 0 saturated heterocycles. The minimum Gasteiger partial charge on any atom is -0.497 e. The van der Waals surface area contributed by atoms with Crippen LogP contribution in [0.4, 0.5) is 5.69 Å². The van der Waals surface area contributed by atoms with Gasteiger partial charge in [0.2, 0.25) is 0 Å². The van der Waals surface area contributed by atoms with E-state index >= 15 is 0 Å². The van der Waals surface area contributed by atoms with Gasteiger partial charge in [0.05, 0.1) is 7.11 Å². The van der Waals surface area contributed by atoms with Crippen LogP contribution in [0.15, 0.2) is 66.7 Å². The van der Waals surface area contributed by atoms with Gasteiger partial charge in [-0.1, -0.05) is 30.3 Å². The Bertz CT molecular complexity index is 1090. The van der Waals surface area contributed by atoms with Crippen LogP contribution < -0.4 is 15.0 Å². The zero-order chi connectivity index (χ0) is 21.1. The van der Waals surface area contributed by atoms with Gasteiger partial charge in [-0.25, -0.2) is 0 Å². The van der Waals surface area contributed by atoms with Crippen LogP contribution in [0.3, 0.4) is 0 Å². The zero-order valence-electron chi connectivity index (χ0n) is 17.1. The third kappa shape index (κ3) is 3.92. The van der Waals surface area contributed by atoms with Crippen LogP contribution in [0.5, 0.6) is 5.75 Å². The molecule has 5 heteroatoms. The molecule has 3 aromatic carbocycles. The lowest BCUT2D eigenvalue weighted by molar-refractivity contribution is 0.0948. The van der Waals surface area contributed by atoms with Gasteiger partial charge < -0.3 is 15.0 Å². The standard InChI is InChI=1S/C25H24N2O3/c1-17-5-3-4-6-22(17)24(28)26-16-18-7-8-19-13-14-27(23(19)15-18)25(29)20-9-11-21(30-2)12-10-20/h3-12,15H,13-14,16H2,1-2H3,(H,26,28). The van der Waals surface area contributed by atoms with Gasteiger partial charge in [-0.2, -0.15) is 0 Å². The molecule has 1 heterocycles. The molecule has 4 rings (SSSR count). The van der Waals surface area contributed by atoms with Crippen molar-refractivity contribution in [1.82, 2.24) is 5.32 Å². The van der Waals surface area contributed by atoms with Crippen molar-refractivity contribution >= 4 is 17.5 Å². The summed E-state index contributed by atoms with van der Waals surface area (Å²) < 4.78 is 5.17. The maximum absolute atomic E-state index is 13.0. The minimum absolute atomic E-state index is 0.0301. The monoisotopic (exact) mass is 400 g/mol. The maximum atomic E-state index is 13.0. The van der Waals surface area contributed by atoms with Gasteiger partial charge in [0.15, 0.2) is 0 Å². The predicted molar refractivity (Wildman–Crippen MR) is 117 cm³/mol. The number of hydrogen-bond acceptors (Lipinski definition) is 3. The van der Waals surface area contributed by atoms with Crippen LogP contribution in [0.2, 0.25) is 0 Å². The first-order valence-electron chi connectivity index (χ1n) is 9.98. The van der Waals surface area contributed by atoms with E-state index in [0.29, 0.717) is 24.2 Å². The van der Waals surface area contributed by atoms with E-state index in [1.165, 1.54) is 0 Å². The number of nitrogens with zero attached hydrogens (tertiary/aromatic N) is 1. The van der Waals surface area contributed by atoms with Crippen LogP contribution in [0.1, 0.15) is 37.4 Å². The van der Waals surface area contributed by atoms with Crippen LogP contribution >= 0.6 is 0 Å². The fourth-order valence-electron chi connectivity index (χ4n) is 3.74. The van der Waals surface area contributed by atoms with E-state index in [1.807, 2.05) is 54.3 Å². The number of methoxy groups -OCH3 is 1. The molecular weight excluding hydrogens is 376 g/mol. The quantitative estimate of drug-likeness (QED) is 0.700. The van der Waals surface area contributed by atoms with Crippen LogP contribution in [0, 0.1) is 6.92 Å². The molecular formula is C25H24N2O3. The fourth-order valence-corrected chi connectivity index (χ4v) is 3.74. The molecule has 5 nitrogen and oxygen atoms in total. The topological polar surface area (TPSA) is 58.6 Å². The summed E-state index contributed by atoms with van der Waals surface area (Å²) in [6, 6.07) is 20.7. The summed E-state index contributed by atoms with van der Waals surface area (Å²) in [5.74, 6) is 0.595. The summed E-state index contributed by atoms with van der Waals surface area (Å²) in [7, 11) is 1.60. The summed E-state index contributed by atoms with van der Waals surface area (Å²) in [5, 5.41) is 2.98. The van der Waals surface area contributed by atoms with Crippen molar-refractivity contribution in [3.63, 3.8) is 0 Å². The minimum atomic E-state index is -0.0974. The summed E-state index contributed by atoms with van der Waals surface area (Å²) in [5.41, 5.74) is 5.27. The van der Waals surface area contributed by atoms with Gasteiger partial charge in [0, 0.05) is 29.9 Å². The second kappa shape index (κ2) is 8.41. The molecule has 1 aliphatic rings. The summed E-state index contributed by atoms with van der Waals surface area (Å²) in [4.78, 5) is 27.3. The second-order valence-electron chi connectivity index (χ2n) is 7.40. The number of aryl methyl sites for hydroxylation is 1. The second-order valence-corrected chi connectivity index (χ2v) is 7.40. The number of benzene rings is 3. The molecule has 0 atom stereocenters. The molecule has 1 N–H and O–H groups in total. The lowest BCUT2D eigenvalue weighted by atomic mass is 10.1. The van der Waals surface area contributed by atoms with Crippen molar-refractivity contribution in [2.45, 2.75) is 19.9 Å². The number of nitrogens with one attached hydrogen (secondary N) is 1. The molecule has 0 fully saturated rings. The summed E-state index contributed by atoms with van der Waals surface area (Å²) in [6.07, 6.45) is 0.826. The molecule has 0 aromatic heterocycles. The normalized spacial score (nSPS) is 12.4. The molecule has 3 aromatic rings. The molecule has 30 heavy (non-hydrogen) atoms. The van der Waals surface area contributed by atoms with Crippen molar-refractivity contribution in [2.24, 2.45) is 0 Å². The van der Waals surface area contributed by atoms with Gasteiger partial charge >= 0.3 is 0 Å². The first kappa shape index (κ1) is 19.7. The smallest absolute Gasteiger partial charge is 0.258 e. The lowest BCUT2D eigenvalue weighted by Gasteiger charge is -2.18. The number of carbonyl (C=O) groups excluding carboxylic acids is 2. The third-order valence-electron chi connectivity index (χ3n) is 5.47. The highest BCUT2D eigenvalue weighted by Crippen LogP contribution is 2.30. The number of amides is 2. The average molecular weight is 400 g/mol. The first-order valence-corrected chi connectivity index (χ1v) is 9.98. The number of hydrogen-bond donors (Lipinski definition) is 1. The Morgan fingerprint density at radius 3 is 2.53 bits per heavy atom. The Morgan fingerprint density at radius 2 is 1.80 bits per heavy atom. The van der Waals surface area contributed by atoms with E-state index in [0.717, 1.165) is 34.5 Å². The molecule has 0 saturated carbocycles. The number of fused-ring (bicyclic) bond motifs is 1. The fraction of sp³-hybridized carbons (Fsp3) is 0.200. The predicted octanol–water partition coefficient (Wildman–Crippen LogP) is 4.14. The SMILES string of the molecule is COc1ccc(C(=O)N2CCc3ccc(CNC(=O)c4ccccc4C)cc32)cc1. The van der Waals surface area contributed by atoms with E-state index in [-0.39, 0.29) is 11.8 Å². The molecule has 0 radical (unpaired) electrons. The van der Waals surface area contributed by atoms with Gasteiger partial charge in [0.25, 0.3) is 11.8 Å². The molecule has 1 aliphatic heterocycles. The van der Waals surface area contributed by atoms with Crippen molar-refractivity contribution < 1.29 is 14.3 Å². The Balaban J connectivity index is 1.49. The number of anilines is 1. The summed E-state index contributed by atoms with van der Waals surface area (Å²) >= 11 is 0. The molecule has 0 bridgehead atoms. The Morgan fingerprint density at radius 1 is 1.03 bits per heavy atom. The van der Waals surface area contributed by atoms with Gasteiger partial charge in [-0.05, 0) is 66.4 Å². The molecule has 0 aliphatic carbocycles. The van der Waals surface area contributed by atoms with Crippen molar-refractivity contribution in [3.05, 3.63) is 94.5 Å². The maximum Gasteiger partial charge on any atom is 0.258 e. The third-order valence-corrected chi connectivity index (χ3v) is 5.47. The Labute approximate surface area is 176 Å². The molecule has 0 unspecified atom stereocenters. The zero-order valence-corrected chi connectivity index (χ0v) is 17.1. The molecule has 2 amide bonds. The van der Waals surface area contributed by atoms with Gasteiger partial charge in [-0.3, -0.25) is 9.59 Å². The van der Waals surface area contributed by atoms with Crippen molar-refractivity contribution in [3.8, 4) is 5.75 Å². The van der Waals surface area contributed by atoms with Gasteiger partial charge in [-0.15, -0.1) is 0 Å². The highest BCUT2D eigenvalue weighted by molar-refractivity contribution is 6.07. The van der Waals surface area contributed by atoms with Crippen LogP contribution in [0.25, 0.3) is 0 Å². The molecule has 152 valence electrons. The largest absolute Gasteiger partial charge is 0.497 e. The number of rotatable bonds is 5. The lowest BCUT2D eigenvalue weighted by Crippen LogP contribution is -2.29. The number of carbonyl (C=O) groups is 2.